The summed E-state index contributed by atoms with van der Waals surface area (Å²) in [5, 5.41) is 4.12. The van der Waals surface area contributed by atoms with Crippen molar-refractivity contribution < 1.29 is 18.0 Å². The van der Waals surface area contributed by atoms with Gasteiger partial charge in [-0.2, -0.15) is 18.3 Å². The van der Waals surface area contributed by atoms with Crippen molar-refractivity contribution in [2.45, 2.75) is 38.3 Å². The fraction of sp³-hybridized carbons (Fsp3) is 0.692. The van der Waals surface area contributed by atoms with E-state index < -0.39 is 12.1 Å². The molecule has 1 aromatic heterocycles. The topological polar surface area (TPSA) is 34.9 Å². The molecule has 0 unspecified atom stereocenters. The van der Waals surface area contributed by atoms with Crippen LogP contribution in [0.2, 0.25) is 0 Å². The Bertz CT molecular complexity index is 445. The molecule has 1 saturated carbocycles. The predicted octanol–water partition coefficient (Wildman–Crippen LogP) is 2.90. The van der Waals surface area contributed by atoms with Gasteiger partial charge in [0.15, 0.2) is 0 Å². The van der Waals surface area contributed by atoms with Crippen LogP contribution < -0.4 is 0 Å². The van der Waals surface area contributed by atoms with E-state index in [1.807, 2.05) is 0 Å². The maximum absolute atomic E-state index is 12.5. The molecule has 3 nitrogen and oxygen atoms in total. The maximum atomic E-state index is 12.5. The lowest BCUT2D eigenvalue weighted by molar-refractivity contribution is -0.184. The highest BCUT2D eigenvalue weighted by Gasteiger charge is 2.42. The molecule has 0 bridgehead atoms. The van der Waals surface area contributed by atoms with Crippen LogP contribution in [0.5, 0.6) is 0 Å². The van der Waals surface area contributed by atoms with Gasteiger partial charge in [-0.05, 0) is 31.7 Å². The van der Waals surface area contributed by atoms with Gasteiger partial charge < -0.3 is 0 Å². The molecular formula is C13H17F3N2O. The van der Waals surface area contributed by atoms with Crippen LogP contribution >= 0.6 is 0 Å². The van der Waals surface area contributed by atoms with Crippen molar-refractivity contribution in [2.75, 3.05) is 0 Å². The molecule has 19 heavy (non-hydrogen) atoms. The molecule has 2 rings (SSSR count). The molecule has 1 aromatic rings. The number of ketones is 1. The summed E-state index contributed by atoms with van der Waals surface area (Å²) in [6, 6.07) is 1.76. The van der Waals surface area contributed by atoms with Crippen LogP contribution in [-0.4, -0.2) is 21.7 Å². The van der Waals surface area contributed by atoms with Crippen LogP contribution in [0.4, 0.5) is 13.2 Å². The van der Waals surface area contributed by atoms with Crippen molar-refractivity contribution in [3.63, 3.8) is 0 Å². The van der Waals surface area contributed by atoms with E-state index in [0.29, 0.717) is 18.5 Å². The fourth-order valence-electron chi connectivity index (χ4n) is 2.62. The van der Waals surface area contributed by atoms with Gasteiger partial charge in [0.1, 0.15) is 5.78 Å². The molecule has 0 aliphatic heterocycles. The summed E-state index contributed by atoms with van der Waals surface area (Å²) in [4.78, 5) is 12.0. The number of carbonyl (C=O) groups is 1. The monoisotopic (exact) mass is 274 g/mol. The quantitative estimate of drug-likeness (QED) is 0.849. The molecule has 1 heterocycles. The fourth-order valence-corrected chi connectivity index (χ4v) is 2.62. The first kappa shape index (κ1) is 14.1. The van der Waals surface area contributed by atoms with Crippen LogP contribution in [0.15, 0.2) is 12.3 Å². The minimum atomic E-state index is -4.12. The summed E-state index contributed by atoms with van der Waals surface area (Å²) >= 11 is 0. The summed E-state index contributed by atoms with van der Waals surface area (Å²) < 4.78 is 39.2. The number of carbonyl (C=O) groups excluding carboxylic acids is 1. The zero-order chi connectivity index (χ0) is 14.0. The van der Waals surface area contributed by atoms with Gasteiger partial charge in [-0.15, -0.1) is 0 Å². The lowest BCUT2D eigenvalue weighted by atomic mass is 9.79. The molecule has 0 radical (unpaired) electrons. The second-order valence-corrected chi connectivity index (χ2v) is 5.21. The number of rotatable bonds is 3. The highest BCUT2D eigenvalue weighted by molar-refractivity contribution is 5.82. The van der Waals surface area contributed by atoms with Gasteiger partial charge in [-0.3, -0.25) is 9.48 Å². The van der Waals surface area contributed by atoms with Crippen molar-refractivity contribution in [1.82, 2.24) is 9.78 Å². The number of Topliss-reactive ketones (excluding diaryl/α,β-unsaturated/α-hetero) is 1. The lowest BCUT2D eigenvalue weighted by Crippen LogP contribution is -2.30. The van der Waals surface area contributed by atoms with E-state index in [1.54, 1.807) is 24.0 Å². The molecule has 0 spiro atoms. The molecule has 1 aliphatic rings. The van der Waals surface area contributed by atoms with Gasteiger partial charge in [0, 0.05) is 19.2 Å². The molecule has 0 N–H and O–H groups in total. The summed E-state index contributed by atoms with van der Waals surface area (Å²) in [6.07, 6.45) is -1.31. The van der Waals surface area contributed by atoms with E-state index >= 15 is 0 Å². The van der Waals surface area contributed by atoms with E-state index in [1.165, 1.54) is 0 Å². The highest BCUT2D eigenvalue weighted by atomic mass is 19.4. The smallest absolute Gasteiger partial charge is 0.299 e. The Morgan fingerprint density at radius 2 is 2.00 bits per heavy atom. The number of hydrogen-bond acceptors (Lipinski definition) is 2. The maximum Gasteiger partial charge on any atom is 0.391 e. The minimum absolute atomic E-state index is 0.0133. The molecule has 0 amide bonds. The first-order valence-electron chi connectivity index (χ1n) is 6.44. The van der Waals surface area contributed by atoms with Crippen LogP contribution in [0.1, 0.15) is 31.4 Å². The van der Waals surface area contributed by atoms with Crippen LogP contribution in [0.25, 0.3) is 0 Å². The number of nitrogens with zero attached hydrogens (tertiary/aromatic N) is 2. The molecule has 0 saturated heterocycles. The van der Waals surface area contributed by atoms with Crippen molar-refractivity contribution in [1.29, 1.82) is 0 Å². The largest absolute Gasteiger partial charge is 0.391 e. The Morgan fingerprint density at radius 3 is 2.47 bits per heavy atom. The molecule has 106 valence electrons. The van der Waals surface area contributed by atoms with E-state index in [-0.39, 0.29) is 31.0 Å². The molecular weight excluding hydrogens is 257 g/mol. The number of hydrogen-bond donors (Lipinski definition) is 0. The highest BCUT2D eigenvalue weighted by Crippen LogP contribution is 2.39. The summed E-state index contributed by atoms with van der Waals surface area (Å²) in [5.74, 6) is -1.45. The Morgan fingerprint density at radius 1 is 1.37 bits per heavy atom. The third-order valence-corrected chi connectivity index (χ3v) is 3.77. The standard InChI is InChI=1S/C13H17F3N2O/c1-18-7-6-11(17-18)8-12(19)9-2-4-10(5-3-9)13(14,15)16/h6-7,9-10H,2-5,8H2,1H3. The zero-order valence-corrected chi connectivity index (χ0v) is 10.8. The van der Waals surface area contributed by atoms with Gasteiger partial charge in [-0.1, -0.05) is 0 Å². The molecule has 0 atom stereocenters. The number of alkyl halides is 3. The predicted molar refractivity (Wildman–Crippen MR) is 63.4 cm³/mol. The molecule has 1 fully saturated rings. The van der Waals surface area contributed by atoms with Crippen molar-refractivity contribution in [3.8, 4) is 0 Å². The second kappa shape index (κ2) is 5.35. The first-order chi connectivity index (χ1) is 8.86. The van der Waals surface area contributed by atoms with Crippen LogP contribution in [0.3, 0.4) is 0 Å². The van der Waals surface area contributed by atoms with Crippen molar-refractivity contribution >= 4 is 5.78 Å². The second-order valence-electron chi connectivity index (χ2n) is 5.21. The zero-order valence-electron chi connectivity index (χ0n) is 10.8. The summed E-state index contributed by atoms with van der Waals surface area (Å²) in [5.41, 5.74) is 0.686. The SMILES string of the molecule is Cn1ccc(CC(=O)C2CCC(C(F)(F)F)CC2)n1. The van der Waals surface area contributed by atoms with Gasteiger partial charge in [0.2, 0.25) is 0 Å². The Balaban J connectivity index is 1.86. The van der Waals surface area contributed by atoms with Crippen molar-refractivity contribution in [2.24, 2.45) is 18.9 Å². The average Bonchev–Trinajstić information content (AvgIpc) is 2.74. The van der Waals surface area contributed by atoms with E-state index in [0.717, 1.165) is 0 Å². The van der Waals surface area contributed by atoms with E-state index in [9.17, 15) is 18.0 Å². The summed E-state index contributed by atoms with van der Waals surface area (Å²) in [6.45, 7) is 0. The average molecular weight is 274 g/mol. The van der Waals surface area contributed by atoms with Gasteiger partial charge >= 0.3 is 6.18 Å². The third-order valence-electron chi connectivity index (χ3n) is 3.77. The van der Waals surface area contributed by atoms with Crippen LogP contribution in [-0.2, 0) is 18.3 Å². The third kappa shape index (κ3) is 3.58. The van der Waals surface area contributed by atoms with Gasteiger partial charge in [-0.25, -0.2) is 0 Å². The number of halogens is 3. The molecule has 1 aliphatic carbocycles. The van der Waals surface area contributed by atoms with E-state index in [4.69, 9.17) is 0 Å². The van der Waals surface area contributed by atoms with Gasteiger partial charge in [0.05, 0.1) is 18.0 Å². The lowest BCUT2D eigenvalue weighted by Gasteiger charge is -2.28. The number of aromatic nitrogens is 2. The normalized spacial score (nSPS) is 24.4. The number of aryl methyl sites for hydroxylation is 1. The molecule has 0 aromatic carbocycles. The molecule has 6 heteroatoms. The van der Waals surface area contributed by atoms with Crippen LogP contribution in [0, 0.1) is 11.8 Å². The first-order valence-corrected chi connectivity index (χ1v) is 6.44. The summed E-state index contributed by atoms with van der Waals surface area (Å²) in [7, 11) is 1.77. The Labute approximate surface area is 109 Å². The Hall–Kier alpha value is -1.33. The minimum Gasteiger partial charge on any atom is -0.299 e. The van der Waals surface area contributed by atoms with Gasteiger partial charge in [0.25, 0.3) is 0 Å². The van der Waals surface area contributed by atoms with Crippen molar-refractivity contribution in [3.05, 3.63) is 18.0 Å². The van der Waals surface area contributed by atoms with E-state index in [2.05, 4.69) is 5.10 Å². The Kier molecular flexibility index (Phi) is 3.96.